The molecule has 1 heterocycles. The van der Waals surface area contributed by atoms with Crippen molar-refractivity contribution in [1.82, 2.24) is 4.90 Å². The van der Waals surface area contributed by atoms with E-state index in [1.165, 1.54) is 6.92 Å². The molecule has 0 saturated carbocycles. The first kappa shape index (κ1) is 11.2. The van der Waals surface area contributed by atoms with Crippen molar-refractivity contribution in [2.75, 3.05) is 20.3 Å². The molecule has 0 aliphatic carbocycles. The molecule has 0 aromatic rings. The Morgan fingerprint density at radius 2 is 1.93 bits per heavy atom. The summed E-state index contributed by atoms with van der Waals surface area (Å²) in [6.07, 6.45) is 1.77. The summed E-state index contributed by atoms with van der Waals surface area (Å²) in [6.45, 7) is 2.86. The molecule has 0 atom stereocenters. The van der Waals surface area contributed by atoms with Crippen LogP contribution in [-0.2, 0) is 14.3 Å². The standard InChI is InChI=1S/C10H17NO3/c1-8(12)7-10(13)11(2)9-3-5-14-6-4-9/h9H,3-7H2,1-2H3. The van der Waals surface area contributed by atoms with Gasteiger partial charge in [0.1, 0.15) is 5.78 Å². The van der Waals surface area contributed by atoms with Crippen LogP contribution in [0.5, 0.6) is 0 Å². The summed E-state index contributed by atoms with van der Waals surface area (Å²) in [7, 11) is 1.77. The summed E-state index contributed by atoms with van der Waals surface area (Å²) in [5.74, 6) is -0.154. The molecule has 1 amide bonds. The second kappa shape index (κ2) is 5.10. The van der Waals surface area contributed by atoms with E-state index in [2.05, 4.69) is 0 Å². The number of rotatable bonds is 3. The molecule has 0 aromatic heterocycles. The van der Waals surface area contributed by atoms with Gasteiger partial charge in [0, 0.05) is 26.3 Å². The van der Waals surface area contributed by atoms with Gasteiger partial charge in [0.25, 0.3) is 0 Å². The lowest BCUT2D eigenvalue weighted by Crippen LogP contribution is -2.41. The van der Waals surface area contributed by atoms with Crippen molar-refractivity contribution in [3.05, 3.63) is 0 Å². The number of Topliss-reactive ketones (excluding diaryl/α,β-unsaturated/α-hetero) is 1. The van der Waals surface area contributed by atoms with Crippen LogP contribution >= 0.6 is 0 Å². The van der Waals surface area contributed by atoms with Crippen LogP contribution in [0.3, 0.4) is 0 Å². The van der Waals surface area contributed by atoms with E-state index in [1.54, 1.807) is 11.9 Å². The Morgan fingerprint density at radius 3 is 2.43 bits per heavy atom. The van der Waals surface area contributed by atoms with Crippen LogP contribution in [0, 0.1) is 0 Å². The SMILES string of the molecule is CC(=O)CC(=O)N(C)C1CCOCC1. The topological polar surface area (TPSA) is 46.6 Å². The minimum Gasteiger partial charge on any atom is -0.381 e. The molecule has 0 N–H and O–H groups in total. The lowest BCUT2D eigenvalue weighted by molar-refractivity contribution is -0.136. The smallest absolute Gasteiger partial charge is 0.229 e. The highest BCUT2D eigenvalue weighted by atomic mass is 16.5. The third kappa shape index (κ3) is 3.10. The van der Waals surface area contributed by atoms with Crippen LogP contribution in [0.1, 0.15) is 26.2 Å². The minimum absolute atomic E-state index is 0.0217. The molecule has 1 saturated heterocycles. The van der Waals surface area contributed by atoms with Crippen molar-refractivity contribution >= 4 is 11.7 Å². The number of amides is 1. The van der Waals surface area contributed by atoms with Crippen molar-refractivity contribution in [3.8, 4) is 0 Å². The first-order valence-corrected chi connectivity index (χ1v) is 4.94. The molecular weight excluding hydrogens is 182 g/mol. The van der Waals surface area contributed by atoms with Gasteiger partial charge in [-0.3, -0.25) is 9.59 Å². The van der Waals surface area contributed by atoms with E-state index < -0.39 is 0 Å². The zero-order valence-corrected chi connectivity index (χ0v) is 8.78. The fraction of sp³-hybridized carbons (Fsp3) is 0.800. The van der Waals surface area contributed by atoms with Crippen LogP contribution in [0.2, 0.25) is 0 Å². The van der Waals surface area contributed by atoms with Gasteiger partial charge in [-0.25, -0.2) is 0 Å². The van der Waals surface area contributed by atoms with Crippen molar-refractivity contribution < 1.29 is 14.3 Å². The molecular formula is C10H17NO3. The second-order valence-corrected chi connectivity index (χ2v) is 3.73. The molecule has 0 unspecified atom stereocenters. The zero-order chi connectivity index (χ0) is 10.6. The molecule has 1 fully saturated rings. The maximum absolute atomic E-state index is 11.5. The molecule has 1 rings (SSSR count). The molecule has 1 aliphatic heterocycles. The number of nitrogens with zero attached hydrogens (tertiary/aromatic N) is 1. The fourth-order valence-electron chi connectivity index (χ4n) is 1.61. The van der Waals surface area contributed by atoms with Crippen LogP contribution in [-0.4, -0.2) is 42.9 Å². The molecule has 14 heavy (non-hydrogen) atoms. The number of carbonyl (C=O) groups excluding carboxylic acids is 2. The van der Waals surface area contributed by atoms with E-state index in [0.29, 0.717) is 13.2 Å². The number of carbonyl (C=O) groups is 2. The quantitative estimate of drug-likeness (QED) is 0.625. The van der Waals surface area contributed by atoms with E-state index in [-0.39, 0.29) is 24.2 Å². The molecule has 0 bridgehead atoms. The van der Waals surface area contributed by atoms with Gasteiger partial charge in [0.05, 0.1) is 6.42 Å². The Labute approximate surface area is 84.2 Å². The number of hydrogen-bond donors (Lipinski definition) is 0. The monoisotopic (exact) mass is 199 g/mol. The van der Waals surface area contributed by atoms with Gasteiger partial charge in [-0.15, -0.1) is 0 Å². The Balaban J connectivity index is 2.41. The predicted molar refractivity (Wildman–Crippen MR) is 51.9 cm³/mol. The maximum Gasteiger partial charge on any atom is 0.229 e. The van der Waals surface area contributed by atoms with Crippen molar-refractivity contribution in [2.45, 2.75) is 32.2 Å². The first-order valence-electron chi connectivity index (χ1n) is 4.94. The summed E-state index contributed by atoms with van der Waals surface area (Å²) >= 11 is 0. The Morgan fingerprint density at radius 1 is 1.36 bits per heavy atom. The Bertz CT molecular complexity index is 221. The van der Waals surface area contributed by atoms with E-state index in [0.717, 1.165) is 12.8 Å². The van der Waals surface area contributed by atoms with Gasteiger partial charge in [-0.05, 0) is 19.8 Å². The first-order chi connectivity index (χ1) is 6.61. The van der Waals surface area contributed by atoms with Crippen LogP contribution in [0.15, 0.2) is 0 Å². The summed E-state index contributed by atoms with van der Waals surface area (Å²) in [5, 5.41) is 0. The molecule has 0 spiro atoms. The van der Waals surface area contributed by atoms with Gasteiger partial charge < -0.3 is 9.64 Å². The van der Waals surface area contributed by atoms with Gasteiger partial charge >= 0.3 is 0 Å². The number of hydrogen-bond acceptors (Lipinski definition) is 3. The summed E-state index contributed by atoms with van der Waals surface area (Å²) < 4.78 is 5.21. The predicted octanol–water partition coefficient (Wildman–Crippen LogP) is 0.603. The van der Waals surface area contributed by atoms with Gasteiger partial charge in [0.2, 0.25) is 5.91 Å². The lowest BCUT2D eigenvalue weighted by atomic mass is 10.1. The van der Waals surface area contributed by atoms with E-state index in [4.69, 9.17) is 4.74 Å². The maximum atomic E-state index is 11.5. The van der Waals surface area contributed by atoms with Gasteiger partial charge in [-0.2, -0.15) is 0 Å². The highest BCUT2D eigenvalue weighted by Gasteiger charge is 2.22. The third-order valence-electron chi connectivity index (χ3n) is 2.53. The third-order valence-corrected chi connectivity index (χ3v) is 2.53. The highest BCUT2D eigenvalue weighted by Crippen LogP contribution is 2.13. The lowest BCUT2D eigenvalue weighted by Gasteiger charge is -2.31. The van der Waals surface area contributed by atoms with Gasteiger partial charge in [0.15, 0.2) is 0 Å². The van der Waals surface area contributed by atoms with Gasteiger partial charge in [-0.1, -0.05) is 0 Å². The average Bonchev–Trinajstić information content (AvgIpc) is 2.17. The normalized spacial score (nSPS) is 17.9. The largest absolute Gasteiger partial charge is 0.381 e. The van der Waals surface area contributed by atoms with Crippen LogP contribution in [0.25, 0.3) is 0 Å². The minimum atomic E-state index is -0.0793. The second-order valence-electron chi connectivity index (χ2n) is 3.73. The molecule has 4 heteroatoms. The molecule has 0 aromatic carbocycles. The molecule has 0 radical (unpaired) electrons. The summed E-state index contributed by atoms with van der Waals surface area (Å²) in [5.41, 5.74) is 0. The van der Waals surface area contributed by atoms with Crippen molar-refractivity contribution in [3.63, 3.8) is 0 Å². The molecule has 80 valence electrons. The van der Waals surface area contributed by atoms with E-state index >= 15 is 0 Å². The number of ether oxygens (including phenoxy) is 1. The summed E-state index contributed by atoms with van der Waals surface area (Å²) in [4.78, 5) is 24.0. The average molecular weight is 199 g/mol. The van der Waals surface area contributed by atoms with Crippen molar-refractivity contribution in [1.29, 1.82) is 0 Å². The van der Waals surface area contributed by atoms with E-state index in [9.17, 15) is 9.59 Å². The fourth-order valence-corrected chi connectivity index (χ4v) is 1.61. The van der Waals surface area contributed by atoms with Crippen molar-refractivity contribution in [2.24, 2.45) is 0 Å². The number of ketones is 1. The van der Waals surface area contributed by atoms with E-state index in [1.807, 2.05) is 0 Å². The molecule has 4 nitrogen and oxygen atoms in total. The Kier molecular flexibility index (Phi) is 4.07. The molecule has 1 aliphatic rings. The zero-order valence-electron chi connectivity index (χ0n) is 8.78. The Hall–Kier alpha value is -0.900. The van der Waals surface area contributed by atoms with Crippen LogP contribution < -0.4 is 0 Å². The highest BCUT2D eigenvalue weighted by molar-refractivity contribution is 5.96. The summed E-state index contributed by atoms with van der Waals surface area (Å²) in [6, 6.07) is 0.246. The van der Waals surface area contributed by atoms with Crippen LogP contribution in [0.4, 0.5) is 0 Å².